The summed E-state index contributed by atoms with van der Waals surface area (Å²) in [7, 11) is 2.25. The molecular weight excluding hydrogens is 340 g/mol. The molecule has 142 valence electrons. The molecule has 4 aromatic rings. The Labute approximate surface area is 167 Å². The van der Waals surface area contributed by atoms with Crippen LogP contribution in [0.3, 0.4) is 0 Å². The lowest BCUT2D eigenvalue weighted by Gasteiger charge is -2.31. The highest BCUT2D eigenvalue weighted by molar-refractivity contribution is 5.86. The number of likely N-dealkylation sites (N-methyl/N-ethyl adjacent to an activating group) is 1. The predicted octanol–water partition coefficient (Wildman–Crippen LogP) is 5.72. The molecule has 0 N–H and O–H groups in total. The minimum Gasteiger partial charge on any atom is -0.344 e. The van der Waals surface area contributed by atoms with Crippen molar-refractivity contribution in [2.45, 2.75) is 45.8 Å². The molecule has 3 aromatic carbocycles. The van der Waals surface area contributed by atoms with Crippen LogP contribution < -0.4 is 0 Å². The van der Waals surface area contributed by atoms with Gasteiger partial charge in [0.05, 0.1) is 0 Å². The Hall–Kier alpha value is -2.58. The second-order valence-electron chi connectivity index (χ2n) is 8.50. The quantitative estimate of drug-likeness (QED) is 0.449. The van der Waals surface area contributed by atoms with Crippen LogP contribution in [0, 0.1) is 6.92 Å². The van der Waals surface area contributed by atoms with Gasteiger partial charge in [0.25, 0.3) is 0 Å². The maximum Gasteiger partial charge on any atom is 0.0486 e. The third-order valence-corrected chi connectivity index (χ3v) is 6.53. The first-order chi connectivity index (χ1) is 13.6. The minimum absolute atomic E-state index is 0.595. The Balaban J connectivity index is 1.53. The standard InChI is InChI=1S/C26H28N2/c1-18-8-11-25-23(14-18)24-17-27(3)19(2)15-26(24)28(25)13-12-20-9-10-21-6-4-5-7-22(21)16-20/h4-11,14,16,19H,12-13,15,17H2,1-3H3. The first kappa shape index (κ1) is 17.5. The molecule has 2 heterocycles. The van der Waals surface area contributed by atoms with Gasteiger partial charge in [0, 0.05) is 42.1 Å². The van der Waals surface area contributed by atoms with Crippen LogP contribution in [0.15, 0.2) is 60.7 Å². The zero-order valence-corrected chi connectivity index (χ0v) is 17.1. The van der Waals surface area contributed by atoms with E-state index in [1.807, 2.05) is 0 Å². The average Bonchev–Trinajstić information content (AvgIpc) is 2.98. The fraction of sp³-hybridized carbons (Fsp3) is 0.308. The van der Waals surface area contributed by atoms with E-state index < -0.39 is 0 Å². The van der Waals surface area contributed by atoms with Crippen LogP contribution in [0.4, 0.5) is 0 Å². The summed E-state index contributed by atoms with van der Waals surface area (Å²) in [5, 5.41) is 4.11. The van der Waals surface area contributed by atoms with Crippen LogP contribution in [-0.4, -0.2) is 22.6 Å². The van der Waals surface area contributed by atoms with Crippen LogP contribution in [0.1, 0.15) is 29.3 Å². The van der Waals surface area contributed by atoms with Gasteiger partial charge in [-0.25, -0.2) is 0 Å². The summed E-state index contributed by atoms with van der Waals surface area (Å²) >= 11 is 0. The molecule has 1 aliphatic rings. The van der Waals surface area contributed by atoms with Crippen molar-refractivity contribution in [3.63, 3.8) is 0 Å². The Morgan fingerprint density at radius 1 is 0.964 bits per heavy atom. The highest BCUT2D eigenvalue weighted by Crippen LogP contribution is 2.33. The summed E-state index contributed by atoms with van der Waals surface area (Å²) in [5.41, 5.74) is 7.26. The van der Waals surface area contributed by atoms with Crippen LogP contribution in [0.2, 0.25) is 0 Å². The lowest BCUT2D eigenvalue weighted by molar-refractivity contribution is 0.228. The topological polar surface area (TPSA) is 8.17 Å². The summed E-state index contributed by atoms with van der Waals surface area (Å²) in [6, 6.07) is 23.1. The summed E-state index contributed by atoms with van der Waals surface area (Å²) in [5.74, 6) is 0. The van der Waals surface area contributed by atoms with Crippen LogP contribution in [0.5, 0.6) is 0 Å². The fourth-order valence-corrected chi connectivity index (χ4v) is 4.73. The highest BCUT2D eigenvalue weighted by Gasteiger charge is 2.26. The smallest absolute Gasteiger partial charge is 0.0486 e. The van der Waals surface area contributed by atoms with E-state index in [2.05, 4.69) is 91.0 Å². The Bertz CT molecular complexity index is 1170. The monoisotopic (exact) mass is 368 g/mol. The zero-order chi connectivity index (χ0) is 19.3. The number of hydrogen-bond acceptors (Lipinski definition) is 1. The van der Waals surface area contributed by atoms with Crippen LogP contribution in [0.25, 0.3) is 21.7 Å². The first-order valence-corrected chi connectivity index (χ1v) is 10.4. The van der Waals surface area contributed by atoms with E-state index in [-0.39, 0.29) is 0 Å². The van der Waals surface area contributed by atoms with Gasteiger partial charge < -0.3 is 4.57 Å². The molecular formula is C26H28N2. The third-order valence-electron chi connectivity index (χ3n) is 6.53. The molecule has 0 spiro atoms. The maximum atomic E-state index is 2.60. The van der Waals surface area contributed by atoms with Crippen LogP contribution in [-0.2, 0) is 25.9 Å². The zero-order valence-electron chi connectivity index (χ0n) is 17.1. The van der Waals surface area contributed by atoms with Crippen molar-refractivity contribution in [3.05, 3.63) is 83.0 Å². The maximum absolute atomic E-state index is 2.60. The predicted molar refractivity (Wildman–Crippen MR) is 119 cm³/mol. The molecule has 1 unspecified atom stereocenters. The average molecular weight is 369 g/mol. The fourth-order valence-electron chi connectivity index (χ4n) is 4.73. The number of fused-ring (bicyclic) bond motifs is 4. The van der Waals surface area contributed by atoms with E-state index in [0.29, 0.717) is 6.04 Å². The number of benzene rings is 3. The van der Waals surface area contributed by atoms with Crippen molar-refractivity contribution in [1.82, 2.24) is 9.47 Å². The molecule has 1 aliphatic heterocycles. The highest BCUT2D eigenvalue weighted by atomic mass is 15.1. The first-order valence-electron chi connectivity index (χ1n) is 10.4. The molecule has 0 amide bonds. The molecule has 28 heavy (non-hydrogen) atoms. The van der Waals surface area contributed by atoms with Crippen molar-refractivity contribution in [3.8, 4) is 0 Å². The summed E-state index contributed by atoms with van der Waals surface area (Å²) in [6.45, 7) is 6.65. The molecule has 0 aliphatic carbocycles. The molecule has 0 saturated heterocycles. The van der Waals surface area contributed by atoms with Gasteiger partial charge in [-0.05, 0) is 61.3 Å². The normalized spacial score (nSPS) is 17.3. The molecule has 5 rings (SSSR count). The number of hydrogen-bond donors (Lipinski definition) is 0. The second kappa shape index (κ2) is 6.79. The molecule has 0 radical (unpaired) electrons. The second-order valence-corrected chi connectivity index (χ2v) is 8.50. The van der Waals surface area contributed by atoms with E-state index in [9.17, 15) is 0 Å². The Kier molecular flexibility index (Phi) is 4.25. The molecule has 0 saturated carbocycles. The van der Waals surface area contributed by atoms with E-state index in [4.69, 9.17) is 0 Å². The van der Waals surface area contributed by atoms with Crippen LogP contribution >= 0.6 is 0 Å². The van der Waals surface area contributed by atoms with Gasteiger partial charge in [-0.2, -0.15) is 0 Å². The van der Waals surface area contributed by atoms with E-state index >= 15 is 0 Å². The molecule has 1 atom stereocenters. The molecule has 2 nitrogen and oxygen atoms in total. The van der Waals surface area contributed by atoms with Gasteiger partial charge in [0.15, 0.2) is 0 Å². The van der Waals surface area contributed by atoms with Gasteiger partial charge in [-0.3, -0.25) is 4.90 Å². The number of nitrogens with zero attached hydrogens (tertiary/aromatic N) is 2. The van der Waals surface area contributed by atoms with Gasteiger partial charge in [-0.1, -0.05) is 54.1 Å². The van der Waals surface area contributed by atoms with Gasteiger partial charge in [0.1, 0.15) is 0 Å². The van der Waals surface area contributed by atoms with Crippen molar-refractivity contribution in [2.75, 3.05) is 7.05 Å². The summed E-state index contributed by atoms with van der Waals surface area (Å²) in [6.07, 6.45) is 2.20. The van der Waals surface area contributed by atoms with Gasteiger partial charge >= 0.3 is 0 Å². The Morgan fingerprint density at radius 2 is 1.79 bits per heavy atom. The van der Waals surface area contributed by atoms with E-state index in [0.717, 1.165) is 25.9 Å². The van der Waals surface area contributed by atoms with Crippen molar-refractivity contribution in [2.24, 2.45) is 0 Å². The lowest BCUT2D eigenvalue weighted by Crippen LogP contribution is -2.35. The minimum atomic E-state index is 0.595. The van der Waals surface area contributed by atoms with Gasteiger partial charge in [0.2, 0.25) is 0 Å². The van der Waals surface area contributed by atoms with Crippen molar-refractivity contribution >= 4 is 21.7 Å². The molecule has 0 bridgehead atoms. The largest absolute Gasteiger partial charge is 0.344 e. The van der Waals surface area contributed by atoms with E-state index in [1.54, 1.807) is 5.69 Å². The lowest BCUT2D eigenvalue weighted by atomic mass is 9.99. The number of aromatic nitrogens is 1. The molecule has 1 aromatic heterocycles. The third kappa shape index (κ3) is 2.93. The number of aryl methyl sites for hydroxylation is 3. The molecule has 2 heteroatoms. The molecule has 0 fully saturated rings. The van der Waals surface area contributed by atoms with Gasteiger partial charge in [-0.15, -0.1) is 0 Å². The summed E-state index contributed by atoms with van der Waals surface area (Å²) in [4.78, 5) is 2.48. The summed E-state index contributed by atoms with van der Waals surface area (Å²) < 4.78 is 2.60. The van der Waals surface area contributed by atoms with E-state index in [1.165, 1.54) is 38.4 Å². The van der Waals surface area contributed by atoms with Crippen molar-refractivity contribution in [1.29, 1.82) is 0 Å². The number of rotatable bonds is 3. The van der Waals surface area contributed by atoms with Crippen molar-refractivity contribution < 1.29 is 0 Å². The SMILES string of the molecule is Cc1ccc2c(c1)c1c(n2CCc2ccc3ccccc3c2)CC(C)N(C)C1. The Morgan fingerprint density at radius 3 is 2.64 bits per heavy atom.